The third kappa shape index (κ3) is 5.49. The van der Waals surface area contributed by atoms with Crippen LogP contribution in [0.2, 0.25) is 0 Å². The van der Waals surface area contributed by atoms with Crippen LogP contribution in [0.3, 0.4) is 0 Å². The van der Waals surface area contributed by atoms with Gasteiger partial charge in [-0.3, -0.25) is 0 Å². The molecule has 0 spiro atoms. The summed E-state index contributed by atoms with van der Waals surface area (Å²) in [5, 5.41) is 3.44. The normalized spacial score (nSPS) is 18.2. The Kier molecular flexibility index (Phi) is 6.37. The van der Waals surface area contributed by atoms with Crippen molar-refractivity contribution in [1.82, 2.24) is 5.32 Å². The van der Waals surface area contributed by atoms with Crippen molar-refractivity contribution in [2.75, 3.05) is 13.2 Å². The van der Waals surface area contributed by atoms with Gasteiger partial charge in [0.05, 0.1) is 5.54 Å². The van der Waals surface area contributed by atoms with Crippen molar-refractivity contribution < 1.29 is 13.5 Å². The molecule has 1 aromatic rings. The number of halogens is 2. The first-order chi connectivity index (χ1) is 11.0. The van der Waals surface area contributed by atoms with Crippen molar-refractivity contribution in [3.05, 3.63) is 29.8 Å². The molecule has 1 fully saturated rings. The maximum Gasteiger partial charge on any atom is 0.129 e. The topological polar surface area (TPSA) is 47.3 Å². The Bertz CT molecular complexity index is 530. The van der Waals surface area contributed by atoms with Crippen molar-refractivity contribution in [3.63, 3.8) is 0 Å². The molecule has 0 saturated heterocycles. The SMILES string of the molecule is C#CC1(NCC[C@@H](N)COc2cc(F)cc(F)c2)CCCCC1. The van der Waals surface area contributed by atoms with Crippen molar-refractivity contribution in [3.8, 4) is 18.1 Å². The van der Waals surface area contributed by atoms with E-state index in [0.29, 0.717) is 13.0 Å². The fourth-order valence-corrected chi connectivity index (χ4v) is 2.92. The zero-order chi connectivity index (χ0) is 16.7. The summed E-state index contributed by atoms with van der Waals surface area (Å²) in [6.45, 7) is 0.903. The van der Waals surface area contributed by atoms with Gasteiger partial charge in [-0.25, -0.2) is 8.78 Å². The van der Waals surface area contributed by atoms with Crippen LogP contribution in [0.5, 0.6) is 5.75 Å². The minimum Gasteiger partial charge on any atom is -0.492 e. The standard InChI is InChI=1S/C18H24F2N2O/c1-2-18(7-4-3-5-8-18)22-9-6-16(21)13-23-17-11-14(19)10-15(20)12-17/h1,10-12,16,22H,3-9,13,21H2/t16-/m1/s1. The lowest BCUT2D eigenvalue weighted by molar-refractivity contribution is 0.263. The second-order valence-electron chi connectivity index (χ2n) is 6.18. The molecule has 0 aromatic heterocycles. The highest BCUT2D eigenvalue weighted by molar-refractivity contribution is 5.23. The number of nitrogens with two attached hydrogens (primary N) is 1. The Morgan fingerprint density at radius 2 is 1.87 bits per heavy atom. The first-order valence-corrected chi connectivity index (χ1v) is 8.10. The molecule has 0 aliphatic heterocycles. The van der Waals surface area contributed by atoms with Crippen molar-refractivity contribution in [2.45, 2.75) is 50.1 Å². The van der Waals surface area contributed by atoms with E-state index in [4.69, 9.17) is 16.9 Å². The Morgan fingerprint density at radius 1 is 1.22 bits per heavy atom. The van der Waals surface area contributed by atoms with E-state index in [1.54, 1.807) is 0 Å². The van der Waals surface area contributed by atoms with Gasteiger partial charge in [0.15, 0.2) is 0 Å². The molecule has 3 nitrogen and oxygen atoms in total. The Labute approximate surface area is 136 Å². The molecular weight excluding hydrogens is 298 g/mol. The van der Waals surface area contributed by atoms with Gasteiger partial charge in [-0.15, -0.1) is 6.42 Å². The quantitative estimate of drug-likeness (QED) is 0.759. The zero-order valence-electron chi connectivity index (χ0n) is 13.3. The molecule has 0 unspecified atom stereocenters. The third-order valence-electron chi connectivity index (χ3n) is 4.26. The van der Waals surface area contributed by atoms with Gasteiger partial charge in [0.1, 0.15) is 24.0 Å². The highest BCUT2D eigenvalue weighted by atomic mass is 19.1. The van der Waals surface area contributed by atoms with Crippen LogP contribution in [0, 0.1) is 24.0 Å². The van der Waals surface area contributed by atoms with Crippen LogP contribution in [0.1, 0.15) is 38.5 Å². The van der Waals surface area contributed by atoms with Gasteiger partial charge in [-0.05, 0) is 25.8 Å². The highest BCUT2D eigenvalue weighted by Crippen LogP contribution is 2.27. The molecule has 126 valence electrons. The van der Waals surface area contributed by atoms with E-state index < -0.39 is 11.6 Å². The van der Waals surface area contributed by atoms with Crippen LogP contribution in [-0.2, 0) is 0 Å². The van der Waals surface area contributed by atoms with E-state index in [-0.39, 0.29) is 23.9 Å². The first-order valence-electron chi connectivity index (χ1n) is 8.10. The summed E-state index contributed by atoms with van der Waals surface area (Å²) in [6.07, 6.45) is 11.9. The maximum atomic E-state index is 13.1. The number of rotatable bonds is 7. The molecule has 1 saturated carbocycles. The molecule has 0 amide bonds. The van der Waals surface area contributed by atoms with Crippen LogP contribution in [0.4, 0.5) is 8.78 Å². The van der Waals surface area contributed by atoms with E-state index in [2.05, 4.69) is 11.2 Å². The fourth-order valence-electron chi connectivity index (χ4n) is 2.92. The molecule has 1 aliphatic carbocycles. The molecule has 23 heavy (non-hydrogen) atoms. The van der Waals surface area contributed by atoms with Crippen molar-refractivity contribution in [1.29, 1.82) is 0 Å². The van der Waals surface area contributed by atoms with E-state index in [1.165, 1.54) is 6.42 Å². The van der Waals surface area contributed by atoms with Gasteiger partial charge in [0, 0.05) is 24.2 Å². The summed E-state index contributed by atoms with van der Waals surface area (Å²) >= 11 is 0. The lowest BCUT2D eigenvalue weighted by atomic mass is 9.82. The molecule has 1 aliphatic rings. The smallest absolute Gasteiger partial charge is 0.129 e. The minimum absolute atomic E-state index is 0.151. The number of terminal acetylenes is 1. The summed E-state index contributed by atoms with van der Waals surface area (Å²) in [5.74, 6) is 1.72. The average molecular weight is 322 g/mol. The third-order valence-corrected chi connectivity index (χ3v) is 4.26. The molecule has 1 atom stereocenters. The molecule has 3 N–H and O–H groups in total. The van der Waals surface area contributed by atoms with E-state index in [1.807, 2.05) is 0 Å². The first kappa shape index (κ1) is 17.7. The largest absolute Gasteiger partial charge is 0.492 e. The van der Waals surface area contributed by atoms with E-state index in [0.717, 1.165) is 43.9 Å². The van der Waals surface area contributed by atoms with Gasteiger partial charge in [0.25, 0.3) is 0 Å². The zero-order valence-corrected chi connectivity index (χ0v) is 13.3. The molecule has 1 aromatic carbocycles. The van der Waals surface area contributed by atoms with Gasteiger partial charge in [-0.1, -0.05) is 25.2 Å². The van der Waals surface area contributed by atoms with Crippen LogP contribution in [-0.4, -0.2) is 24.7 Å². The number of ether oxygens (including phenoxy) is 1. The van der Waals surface area contributed by atoms with E-state index >= 15 is 0 Å². The molecule has 5 heteroatoms. The Balaban J connectivity index is 1.72. The van der Waals surface area contributed by atoms with Crippen molar-refractivity contribution in [2.24, 2.45) is 5.73 Å². The molecule has 0 radical (unpaired) electrons. The molecule has 0 heterocycles. The van der Waals surface area contributed by atoms with Gasteiger partial charge in [-0.2, -0.15) is 0 Å². The average Bonchev–Trinajstić information content (AvgIpc) is 2.53. The highest BCUT2D eigenvalue weighted by Gasteiger charge is 2.28. The summed E-state index contributed by atoms with van der Waals surface area (Å²) in [5.41, 5.74) is 5.79. The van der Waals surface area contributed by atoms with Crippen LogP contribution in [0.15, 0.2) is 18.2 Å². The van der Waals surface area contributed by atoms with Crippen LogP contribution >= 0.6 is 0 Å². The van der Waals surface area contributed by atoms with Gasteiger partial charge >= 0.3 is 0 Å². The summed E-state index contributed by atoms with van der Waals surface area (Å²) in [7, 11) is 0. The van der Waals surface area contributed by atoms with Gasteiger partial charge < -0.3 is 15.8 Å². The minimum atomic E-state index is -0.663. The van der Waals surface area contributed by atoms with Gasteiger partial charge in [0.2, 0.25) is 0 Å². The predicted molar refractivity (Wildman–Crippen MR) is 87.1 cm³/mol. The fraction of sp³-hybridized carbons (Fsp3) is 0.556. The lowest BCUT2D eigenvalue weighted by Crippen LogP contribution is -2.47. The molecule has 0 bridgehead atoms. The predicted octanol–water partition coefficient (Wildman–Crippen LogP) is 2.99. The molecular formula is C18H24F2N2O. The number of hydrogen-bond acceptors (Lipinski definition) is 3. The summed E-state index contributed by atoms with van der Waals surface area (Å²) < 4.78 is 31.5. The summed E-state index contributed by atoms with van der Waals surface area (Å²) in [6, 6.07) is 2.86. The Hall–Kier alpha value is -1.64. The van der Waals surface area contributed by atoms with Crippen LogP contribution in [0.25, 0.3) is 0 Å². The summed E-state index contributed by atoms with van der Waals surface area (Å²) in [4.78, 5) is 0. The monoisotopic (exact) mass is 322 g/mol. The number of nitrogens with one attached hydrogen (secondary N) is 1. The van der Waals surface area contributed by atoms with Crippen molar-refractivity contribution >= 4 is 0 Å². The lowest BCUT2D eigenvalue weighted by Gasteiger charge is -2.34. The molecule has 2 rings (SSSR count). The van der Waals surface area contributed by atoms with E-state index in [9.17, 15) is 8.78 Å². The maximum absolute atomic E-state index is 13.1. The second kappa shape index (κ2) is 8.28. The Morgan fingerprint density at radius 3 is 2.48 bits per heavy atom. The number of benzene rings is 1. The van der Waals surface area contributed by atoms with Crippen LogP contribution < -0.4 is 15.8 Å². The second-order valence-corrected chi connectivity index (χ2v) is 6.18. The number of hydrogen-bond donors (Lipinski definition) is 2.